The fourth-order valence-corrected chi connectivity index (χ4v) is 2.11. The molecule has 0 saturated carbocycles. The topological polar surface area (TPSA) is 49.4 Å². The van der Waals surface area contributed by atoms with Crippen LogP contribution in [0.2, 0.25) is 0 Å². The summed E-state index contributed by atoms with van der Waals surface area (Å²) in [6, 6.07) is -0.232. The molecule has 0 aliphatic heterocycles. The summed E-state index contributed by atoms with van der Waals surface area (Å²) >= 11 is 0. The van der Waals surface area contributed by atoms with Crippen molar-refractivity contribution < 1.29 is 9.59 Å². The Balaban J connectivity index is 3.90. The molecule has 4 heteroatoms. The maximum atomic E-state index is 12.0. The van der Waals surface area contributed by atoms with Gasteiger partial charge in [0.2, 0.25) is 5.91 Å². The minimum absolute atomic E-state index is 0.0466. The van der Waals surface area contributed by atoms with Crippen molar-refractivity contribution in [3.63, 3.8) is 0 Å². The SMILES string of the molecule is CCCCCCNC(=O)N(CC)C(=O)CCCCCC. The van der Waals surface area contributed by atoms with Crippen LogP contribution in [-0.4, -0.2) is 29.9 Å². The zero-order valence-corrected chi connectivity index (χ0v) is 13.5. The maximum Gasteiger partial charge on any atom is 0.324 e. The summed E-state index contributed by atoms with van der Waals surface area (Å²) in [5.74, 6) is -0.0466. The zero-order chi connectivity index (χ0) is 15.2. The molecule has 118 valence electrons. The molecule has 0 spiro atoms. The van der Waals surface area contributed by atoms with Gasteiger partial charge >= 0.3 is 6.03 Å². The summed E-state index contributed by atoms with van der Waals surface area (Å²) in [4.78, 5) is 25.2. The summed E-state index contributed by atoms with van der Waals surface area (Å²) in [5, 5.41) is 2.84. The van der Waals surface area contributed by atoms with E-state index in [0.29, 0.717) is 19.5 Å². The van der Waals surface area contributed by atoms with Crippen molar-refractivity contribution in [3.05, 3.63) is 0 Å². The molecule has 0 aromatic rings. The highest BCUT2D eigenvalue weighted by molar-refractivity contribution is 5.94. The normalized spacial score (nSPS) is 10.3. The van der Waals surface area contributed by atoms with Crippen LogP contribution in [-0.2, 0) is 4.79 Å². The van der Waals surface area contributed by atoms with Gasteiger partial charge in [-0.25, -0.2) is 4.79 Å². The van der Waals surface area contributed by atoms with Crippen LogP contribution in [0.3, 0.4) is 0 Å². The van der Waals surface area contributed by atoms with E-state index < -0.39 is 0 Å². The number of hydrogen-bond acceptors (Lipinski definition) is 2. The van der Waals surface area contributed by atoms with Gasteiger partial charge in [-0.1, -0.05) is 52.4 Å². The quantitative estimate of drug-likeness (QED) is 0.581. The number of amides is 3. The highest BCUT2D eigenvalue weighted by Crippen LogP contribution is 2.06. The molecular formula is C16H32N2O2. The molecule has 0 aliphatic carbocycles. The fraction of sp³-hybridized carbons (Fsp3) is 0.875. The van der Waals surface area contributed by atoms with Gasteiger partial charge in [-0.3, -0.25) is 9.69 Å². The lowest BCUT2D eigenvalue weighted by Crippen LogP contribution is -2.43. The van der Waals surface area contributed by atoms with Gasteiger partial charge in [0.05, 0.1) is 0 Å². The summed E-state index contributed by atoms with van der Waals surface area (Å²) in [7, 11) is 0. The summed E-state index contributed by atoms with van der Waals surface area (Å²) in [6.45, 7) is 7.27. The molecule has 0 bridgehead atoms. The van der Waals surface area contributed by atoms with Crippen LogP contribution in [0.15, 0.2) is 0 Å². The first-order valence-corrected chi connectivity index (χ1v) is 8.25. The number of hydrogen-bond donors (Lipinski definition) is 1. The van der Waals surface area contributed by atoms with Crippen molar-refractivity contribution in [1.29, 1.82) is 0 Å². The Kier molecular flexibility index (Phi) is 12.3. The van der Waals surface area contributed by atoms with E-state index in [1.54, 1.807) is 0 Å². The minimum atomic E-state index is -0.232. The van der Waals surface area contributed by atoms with Crippen molar-refractivity contribution in [1.82, 2.24) is 10.2 Å². The van der Waals surface area contributed by atoms with Crippen LogP contribution in [0, 0.1) is 0 Å². The van der Waals surface area contributed by atoms with Gasteiger partial charge in [0.1, 0.15) is 0 Å². The third-order valence-electron chi connectivity index (χ3n) is 3.41. The summed E-state index contributed by atoms with van der Waals surface area (Å²) in [6.07, 6.45) is 9.25. The lowest BCUT2D eigenvalue weighted by Gasteiger charge is -2.19. The average Bonchev–Trinajstić information content (AvgIpc) is 2.44. The second-order valence-electron chi connectivity index (χ2n) is 5.24. The minimum Gasteiger partial charge on any atom is -0.338 e. The lowest BCUT2D eigenvalue weighted by atomic mass is 10.1. The maximum absolute atomic E-state index is 12.0. The zero-order valence-electron chi connectivity index (χ0n) is 13.5. The summed E-state index contributed by atoms with van der Waals surface area (Å²) in [5.41, 5.74) is 0. The van der Waals surface area contributed by atoms with Crippen molar-refractivity contribution in [3.8, 4) is 0 Å². The first-order chi connectivity index (χ1) is 9.67. The van der Waals surface area contributed by atoms with Gasteiger partial charge in [-0.05, 0) is 19.8 Å². The van der Waals surface area contributed by atoms with Crippen molar-refractivity contribution in [2.45, 2.75) is 78.6 Å². The molecule has 3 amide bonds. The number of unbranched alkanes of at least 4 members (excludes halogenated alkanes) is 6. The van der Waals surface area contributed by atoms with E-state index in [-0.39, 0.29) is 11.9 Å². The molecule has 0 rings (SSSR count). The number of urea groups is 1. The number of rotatable bonds is 11. The Hall–Kier alpha value is -1.06. The molecule has 0 unspecified atom stereocenters. The third-order valence-corrected chi connectivity index (χ3v) is 3.41. The standard InChI is InChI=1S/C16H32N2O2/c1-4-7-9-11-13-15(19)18(6-3)16(20)17-14-12-10-8-5-2/h4-14H2,1-3H3,(H,17,20). The Morgan fingerprint density at radius 3 is 2.00 bits per heavy atom. The van der Waals surface area contributed by atoms with Gasteiger partial charge in [-0.2, -0.15) is 0 Å². The van der Waals surface area contributed by atoms with Crippen molar-refractivity contribution in [2.75, 3.05) is 13.1 Å². The molecule has 0 heterocycles. The number of nitrogens with zero attached hydrogens (tertiary/aromatic N) is 1. The van der Waals surface area contributed by atoms with E-state index in [9.17, 15) is 9.59 Å². The first-order valence-electron chi connectivity index (χ1n) is 8.25. The van der Waals surface area contributed by atoms with Gasteiger partial charge in [0.25, 0.3) is 0 Å². The molecule has 4 nitrogen and oxygen atoms in total. The molecule has 0 atom stereocenters. The van der Waals surface area contributed by atoms with E-state index in [1.165, 1.54) is 17.7 Å². The second-order valence-corrected chi connectivity index (χ2v) is 5.24. The van der Waals surface area contributed by atoms with Crippen LogP contribution in [0.25, 0.3) is 0 Å². The van der Waals surface area contributed by atoms with Gasteiger partial charge in [-0.15, -0.1) is 0 Å². The van der Waals surface area contributed by atoms with Crippen LogP contribution in [0.5, 0.6) is 0 Å². The molecule has 20 heavy (non-hydrogen) atoms. The van der Waals surface area contributed by atoms with Crippen LogP contribution in [0.4, 0.5) is 4.79 Å². The Bertz CT molecular complexity index is 267. The Labute approximate surface area is 124 Å². The Morgan fingerprint density at radius 1 is 0.850 bits per heavy atom. The molecule has 0 fully saturated rings. The van der Waals surface area contributed by atoms with Crippen molar-refractivity contribution >= 4 is 11.9 Å². The molecule has 0 saturated heterocycles. The van der Waals surface area contributed by atoms with E-state index >= 15 is 0 Å². The lowest BCUT2D eigenvalue weighted by molar-refractivity contribution is -0.128. The number of carbonyl (C=O) groups excluding carboxylic acids is 2. The molecule has 0 radical (unpaired) electrons. The highest BCUT2D eigenvalue weighted by Gasteiger charge is 2.18. The molecule has 0 aromatic carbocycles. The van der Waals surface area contributed by atoms with Crippen LogP contribution in [0.1, 0.15) is 78.6 Å². The van der Waals surface area contributed by atoms with Crippen LogP contribution >= 0.6 is 0 Å². The predicted molar refractivity (Wildman–Crippen MR) is 83.7 cm³/mol. The smallest absolute Gasteiger partial charge is 0.324 e. The highest BCUT2D eigenvalue weighted by atomic mass is 16.2. The van der Waals surface area contributed by atoms with Gasteiger partial charge in [0.15, 0.2) is 0 Å². The number of imide groups is 1. The average molecular weight is 284 g/mol. The van der Waals surface area contributed by atoms with E-state index in [2.05, 4.69) is 19.2 Å². The summed E-state index contributed by atoms with van der Waals surface area (Å²) < 4.78 is 0. The molecule has 0 aromatic heterocycles. The van der Waals surface area contributed by atoms with Gasteiger partial charge in [0, 0.05) is 19.5 Å². The molecule has 0 aliphatic rings. The monoisotopic (exact) mass is 284 g/mol. The Morgan fingerprint density at radius 2 is 1.45 bits per heavy atom. The first kappa shape index (κ1) is 18.9. The van der Waals surface area contributed by atoms with E-state index in [1.807, 2.05) is 6.92 Å². The third kappa shape index (κ3) is 8.94. The number of carbonyl (C=O) groups is 2. The van der Waals surface area contributed by atoms with Gasteiger partial charge < -0.3 is 5.32 Å². The molecular weight excluding hydrogens is 252 g/mol. The van der Waals surface area contributed by atoms with Crippen molar-refractivity contribution in [2.24, 2.45) is 0 Å². The van der Waals surface area contributed by atoms with E-state index in [4.69, 9.17) is 0 Å². The van der Waals surface area contributed by atoms with Crippen LogP contribution < -0.4 is 5.32 Å². The van der Waals surface area contributed by atoms with E-state index in [0.717, 1.165) is 38.5 Å². The fourth-order valence-electron chi connectivity index (χ4n) is 2.11. The number of nitrogens with one attached hydrogen (secondary N) is 1. The second kappa shape index (κ2) is 12.9. The largest absolute Gasteiger partial charge is 0.338 e. The predicted octanol–water partition coefficient (Wildman–Crippen LogP) is 4.10. The molecule has 1 N–H and O–H groups in total.